The van der Waals surface area contributed by atoms with Gasteiger partial charge in [-0.2, -0.15) is 0 Å². The minimum Gasteiger partial charge on any atom is -0.340 e. The maximum Gasteiger partial charge on any atom is 0.274 e. The molecule has 0 atom stereocenters. The molecule has 0 spiro atoms. The van der Waals surface area contributed by atoms with Crippen molar-refractivity contribution in [1.82, 2.24) is 9.97 Å². The monoisotopic (exact) mass is 364 g/mol. The van der Waals surface area contributed by atoms with Gasteiger partial charge < -0.3 is 10.6 Å². The number of hydrogen-bond donors (Lipinski definition) is 2. The maximum atomic E-state index is 13.3. The molecule has 0 saturated carbocycles. The first-order chi connectivity index (χ1) is 12.9. The highest BCUT2D eigenvalue weighted by atomic mass is 19.1. The van der Waals surface area contributed by atoms with Crippen molar-refractivity contribution in [2.45, 2.75) is 13.8 Å². The molecule has 136 valence electrons. The number of Topliss-reactive ketones (excluding diaryl/α,β-unsaturated/α-hetero) is 1. The second-order valence-electron chi connectivity index (χ2n) is 5.91. The van der Waals surface area contributed by atoms with Crippen LogP contribution in [-0.2, 0) is 0 Å². The number of hydrogen-bond acceptors (Lipinski definition) is 5. The molecule has 1 heterocycles. The number of amides is 1. The van der Waals surface area contributed by atoms with Crippen molar-refractivity contribution in [3.63, 3.8) is 0 Å². The molecule has 0 aliphatic carbocycles. The van der Waals surface area contributed by atoms with Gasteiger partial charge in [-0.25, -0.2) is 14.4 Å². The lowest BCUT2D eigenvalue weighted by molar-refractivity contribution is 0.100. The number of halogens is 1. The number of carbonyl (C=O) groups excluding carboxylic acids is 2. The average molecular weight is 364 g/mol. The molecular formula is C20H17FN4O2. The Labute approximate surface area is 155 Å². The lowest BCUT2D eigenvalue weighted by atomic mass is 10.1. The number of nitrogens with one attached hydrogen (secondary N) is 2. The summed E-state index contributed by atoms with van der Waals surface area (Å²) in [5, 5.41) is 5.66. The Bertz CT molecular complexity index is 1020. The summed E-state index contributed by atoms with van der Waals surface area (Å²) < 4.78 is 13.3. The summed E-state index contributed by atoms with van der Waals surface area (Å²) in [7, 11) is 0. The van der Waals surface area contributed by atoms with E-state index in [1.54, 1.807) is 43.3 Å². The van der Waals surface area contributed by atoms with E-state index < -0.39 is 5.91 Å². The molecule has 0 fully saturated rings. The molecule has 3 aromatic rings. The largest absolute Gasteiger partial charge is 0.340 e. The van der Waals surface area contributed by atoms with Crippen molar-refractivity contribution in [1.29, 1.82) is 0 Å². The Hall–Kier alpha value is -3.61. The summed E-state index contributed by atoms with van der Waals surface area (Å²) in [5.74, 6) is -0.155. The molecule has 0 aliphatic heterocycles. The van der Waals surface area contributed by atoms with Crippen LogP contribution in [0, 0.1) is 12.7 Å². The van der Waals surface area contributed by atoms with Gasteiger partial charge in [-0.05, 0) is 44.2 Å². The van der Waals surface area contributed by atoms with Gasteiger partial charge in [-0.3, -0.25) is 9.59 Å². The Morgan fingerprint density at radius 1 is 0.963 bits per heavy atom. The molecule has 27 heavy (non-hydrogen) atoms. The van der Waals surface area contributed by atoms with E-state index in [0.717, 1.165) is 0 Å². The molecule has 7 heteroatoms. The fourth-order valence-corrected chi connectivity index (χ4v) is 2.47. The van der Waals surface area contributed by atoms with E-state index in [1.165, 1.54) is 25.1 Å². The van der Waals surface area contributed by atoms with E-state index in [2.05, 4.69) is 20.6 Å². The minimum atomic E-state index is -0.441. The van der Waals surface area contributed by atoms with Gasteiger partial charge in [0.25, 0.3) is 5.91 Å². The highest BCUT2D eigenvalue weighted by Gasteiger charge is 2.12. The minimum absolute atomic E-state index is 0.0921. The Morgan fingerprint density at radius 3 is 2.44 bits per heavy atom. The molecular weight excluding hydrogens is 347 g/mol. The zero-order valence-electron chi connectivity index (χ0n) is 14.8. The van der Waals surface area contributed by atoms with E-state index in [0.29, 0.717) is 28.6 Å². The van der Waals surface area contributed by atoms with Crippen molar-refractivity contribution in [3.8, 4) is 0 Å². The van der Waals surface area contributed by atoms with E-state index in [9.17, 15) is 14.0 Å². The molecule has 1 aromatic heterocycles. The van der Waals surface area contributed by atoms with Crippen molar-refractivity contribution in [2.24, 2.45) is 0 Å². The summed E-state index contributed by atoms with van der Waals surface area (Å²) in [4.78, 5) is 32.4. The van der Waals surface area contributed by atoms with Crippen LogP contribution in [0.1, 0.15) is 33.6 Å². The van der Waals surface area contributed by atoms with E-state index in [-0.39, 0.29) is 17.3 Å². The van der Waals surface area contributed by atoms with Gasteiger partial charge in [-0.15, -0.1) is 0 Å². The summed E-state index contributed by atoms with van der Waals surface area (Å²) >= 11 is 0. The summed E-state index contributed by atoms with van der Waals surface area (Å²) in [6.45, 7) is 3.11. The number of carbonyl (C=O) groups is 2. The number of aryl methyl sites for hydroxylation is 1. The number of benzene rings is 2. The first kappa shape index (κ1) is 18.2. The van der Waals surface area contributed by atoms with Crippen LogP contribution in [0.3, 0.4) is 0 Å². The van der Waals surface area contributed by atoms with Crippen molar-refractivity contribution in [2.75, 3.05) is 10.6 Å². The van der Waals surface area contributed by atoms with E-state index in [1.807, 2.05) is 0 Å². The molecule has 0 aliphatic rings. The summed E-state index contributed by atoms with van der Waals surface area (Å²) in [6.07, 6.45) is 0. The SMILES string of the molecule is CC(=O)c1cccc(NC(=O)c2cc(Nc3cccc(F)c3)nc(C)n2)c1. The predicted octanol–water partition coefficient (Wildman–Crippen LogP) is 4.12. The van der Waals surface area contributed by atoms with Crippen LogP contribution in [0.4, 0.5) is 21.6 Å². The third-order valence-corrected chi connectivity index (χ3v) is 3.69. The van der Waals surface area contributed by atoms with Crippen LogP contribution < -0.4 is 10.6 Å². The number of anilines is 3. The molecule has 0 bridgehead atoms. The van der Waals surface area contributed by atoms with Gasteiger partial charge in [0, 0.05) is 23.0 Å². The van der Waals surface area contributed by atoms with Gasteiger partial charge in [0.1, 0.15) is 23.2 Å². The topological polar surface area (TPSA) is 84.0 Å². The Morgan fingerprint density at radius 2 is 1.70 bits per heavy atom. The first-order valence-corrected chi connectivity index (χ1v) is 8.21. The molecule has 0 unspecified atom stereocenters. The average Bonchev–Trinajstić information content (AvgIpc) is 2.61. The van der Waals surface area contributed by atoms with Crippen molar-refractivity contribution in [3.05, 3.63) is 77.5 Å². The predicted molar refractivity (Wildman–Crippen MR) is 101 cm³/mol. The lowest BCUT2D eigenvalue weighted by Gasteiger charge is -2.10. The number of rotatable bonds is 5. The molecule has 0 saturated heterocycles. The zero-order chi connectivity index (χ0) is 19.4. The number of aromatic nitrogens is 2. The standard InChI is InChI=1S/C20H17FN4O2/c1-12(26)14-5-3-7-16(9-14)25-20(27)18-11-19(23-13(2)22-18)24-17-8-4-6-15(21)10-17/h3-11H,1-2H3,(H,25,27)(H,22,23,24). The Kier molecular flexibility index (Phi) is 5.21. The molecule has 1 amide bonds. The molecule has 2 N–H and O–H groups in total. The van der Waals surface area contributed by atoms with E-state index in [4.69, 9.17) is 0 Å². The van der Waals surface area contributed by atoms with Crippen molar-refractivity contribution >= 4 is 28.9 Å². The van der Waals surface area contributed by atoms with Gasteiger partial charge in [0.2, 0.25) is 0 Å². The van der Waals surface area contributed by atoms with Crippen LogP contribution in [-0.4, -0.2) is 21.7 Å². The third kappa shape index (κ3) is 4.72. The maximum absolute atomic E-state index is 13.3. The van der Waals surface area contributed by atoms with Gasteiger partial charge in [0.15, 0.2) is 5.78 Å². The summed E-state index contributed by atoms with van der Waals surface area (Å²) in [6, 6.07) is 14.0. The molecule has 2 aromatic carbocycles. The lowest BCUT2D eigenvalue weighted by Crippen LogP contribution is -2.15. The van der Waals surface area contributed by atoms with Crippen LogP contribution in [0.5, 0.6) is 0 Å². The zero-order valence-corrected chi connectivity index (χ0v) is 14.8. The molecule has 3 rings (SSSR count). The van der Waals surface area contributed by atoms with Crippen LogP contribution in [0.25, 0.3) is 0 Å². The molecule has 0 radical (unpaired) electrons. The summed E-state index contributed by atoms with van der Waals surface area (Å²) in [5.41, 5.74) is 1.65. The highest BCUT2D eigenvalue weighted by Crippen LogP contribution is 2.18. The number of ketones is 1. The second kappa shape index (κ2) is 7.74. The van der Waals surface area contributed by atoms with Gasteiger partial charge >= 0.3 is 0 Å². The van der Waals surface area contributed by atoms with Crippen LogP contribution in [0.2, 0.25) is 0 Å². The van der Waals surface area contributed by atoms with Gasteiger partial charge in [-0.1, -0.05) is 18.2 Å². The van der Waals surface area contributed by atoms with E-state index >= 15 is 0 Å². The number of nitrogens with zero attached hydrogens (tertiary/aromatic N) is 2. The quantitative estimate of drug-likeness (QED) is 0.665. The molecule has 6 nitrogen and oxygen atoms in total. The third-order valence-electron chi connectivity index (χ3n) is 3.69. The first-order valence-electron chi connectivity index (χ1n) is 8.21. The Balaban J connectivity index is 1.82. The van der Waals surface area contributed by atoms with Gasteiger partial charge in [0.05, 0.1) is 0 Å². The highest BCUT2D eigenvalue weighted by molar-refractivity contribution is 6.04. The fourth-order valence-electron chi connectivity index (χ4n) is 2.47. The van der Waals surface area contributed by atoms with Crippen LogP contribution >= 0.6 is 0 Å². The second-order valence-corrected chi connectivity index (χ2v) is 5.91. The van der Waals surface area contributed by atoms with Crippen LogP contribution in [0.15, 0.2) is 54.6 Å². The fraction of sp³-hybridized carbons (Fsp3) is 0.100. The normalized spacial score (nSPS) is 10.3. The smallest absolute Gasteiger partial charge is 0.274 e. The van der Waals surface area contributed by atoms with Crippen molar-refractivity contribution < 1.29 is 14.0 Å².